The van der Waals surface area contributed by atoms with Crippen LogP contribution in [0.15, 0.2) is 47.4 Å². The lowest BCUT2D eigenvalue weighted by molar-refractivity contribution is -0.123. The second-order valence-electron chi connectivity index (χ2n) is 5.67. The molecular weight excluding hydrogens is 256 g/mol. The molecule has 0 aliphatic carbocycles. The molecular formula is C16H18O2S. The molecule has 100 valence electrons. The third-order valence-corrected chi connectivity index (χ3v) is 4.39. The fourth-order valence-corrected chi connectivity index (χ4v) is 3.04. The Morgan fingerprint density at radius 1 is 1.05 bits per heavy atom. The topological polar surface area (TPSA) is 34.1 Å². The minimum atomic E-state index is -1.27. The van der Waals surface area contributed by atoms with E-state index in [1.54, 1.807) is 0 Å². The predicted octanol–water partition coefficient (Wildman–Crippen LogP) is 3.56. The van der Waals surface area contributed by atoms with Gasteiger partial charge in [-0.05, 0) is 22.9 Å². The third-order valence-electron chi connectivity index (χ3n) is 3.08. The Balaban J connectivity index is 2.25. The number of hydrogen-bond donors (Lipinski definition) is 0. The fourth-order valence-electron chi connectivity index (χ4n) is 1.73. The van der Waals surface area contributed by atoms with Gasteiger partial charge in [-0.1, -0.05) is 51.1 Å². The van der Waals surface area contributed by atoms with Crippen LogP contribution in [-0.4, -0.2) is 15.7 Å². The molecule has 1 unspecified atom stereocenters. The van der Waals surface area contributed by atoms with Gasteiger partial charge in [0, 0.05) is 10.3 Å². The van der Waals surface area contributed by atoms with Crippen LogP contribution in [0.4, 0.5) is 0 Å². The molecule has 0 saturated carbocycles. The lowest BCUT2D eigenvalue weighted by atomic mass is 9.92. The van der Waals surface area contributed by atoms with Gasteiger partial charge in [0.15, 0.2) is 5.78 Å². The molecule has 2 aromatic rings. The maximum Gasteiger partial charge on any atom is 0.151 e. The van der Waals surface area contributed by atoms with E-state index in [1.807, 2.05) is 63.2 Å². The zero-order valence-corrected chi connectivity index (χ0v) is 12.3. The maximum absolute atomic E-state index is 12.2. The highest BCUT2D eigenvalue weighted by atomic mass is 32.2. The fraction of sp³-hybridized carbons (Fsp3) is 0.312. The molecule has 0 heterocycles. The Kier molecular flexibility index (Phi) is 3.85. The second kappa shape index (κ2) is 5.25. The van der Waals surface area contributed by atoms with Crippen molar-refractivity contribution in [3.63, 3.8) is 0 Å². The summed E-state index contributed by atoms with van der Waals surface area (Å²) in [5.41, 5.74) is -0.438. The molecule has 3 heteroatoms. The lowest BCUT2D eigenvalue weighted by Crippen LogP contribution is -2.25. The Labute approximate surface area is 116 Å². The number of ketones is 1. The van der Waals surface area contributed by atoms with Crippen LogP contribution < -0.4 is 0 Å². The summed E-state index contributed by atoms with van der Waals surface area (Å²) in [7, 11) is -1.27. The van der Waals surface area contributed by atoms with Crippen LogP contribution >= 0.6 is 0 Å². The van der Waals surface area contributed by atoms with Crippen molar-refractivity contribution < 1.29 is 9.00 Å². The SMILES string of the molecule is CC(C)(C)C(=O)CS(=O)c1ccc2ccccc2c1. The quantitative estimate of drug-likeness (QED) is 0.857. The zero-order chi connectivity index (χ0) is 14.0. The molecule has 0 bridgehead atoms. The smallest absolute Gasteiger partial charge is 0.151 e. The van der Waals surface area contributed by atoms with E-state index in [4.69, 9.17) is 0 Å². The molecule has 0 saturated heterocycles. The van der Waals surface area contributed by atoms with Crippen molar-refractivity contribution in [2.45, 2.75) is 25.7 Å². The van der Waals surface area contributed by atoms with Crippen LogP contribution in [0.3, 0.4) is 0 Å². The Bertz CT molecular complexity index is 638. The van der Waals surface area contributed by atoms with Gasteiger partial charge in [-0.25, -0.2) is 0 Å². The van der Waals surface area contributed by atoms with Gasteiger partial charge >= 0.3 is 0 Å². The second-order valence-corrected chi connectivity index (χ2v) is 7.12. The highest BCUT2D eigenvalue weighted by Crippen LogP contribution is 2.20. The molecule has 0 amide bonds. The van der Waals surface area contributed by atoms with E-state index in [-0.39, 0.29) is 11.5 Å². The summed E-state index contributed by atoms with van der Waals surface area (Å²) >= 11 is 0. The Morgan fingerprint density at radius 2 is 1.68 bits per heavy atom. The average molecular weight is 274 g/mol. The van der Waals surface area contributed by atoms with Gasteiger partial charge in [-0.15, -0.1) is 0 Å². The molecule has 0 spiro atoms. The number of rotatable bonds is 3. The van der Waals surface area contributed by atoms with E-state index >= 15 is 0 Å². The highest BCUT2D eigenvalue weighted by molar-refractivity contribution is 7.85. The van der Waals surface area contributed by atoms with Crippen LogP contribution in [-0.2, 0) is 15.6 Å². The zero-order valence-electron chi connectivity index (χ0n) is 11.5. The van der Waals surface area contributed by atoms with Gasteiger partial charge in [0.25, 0.3) is 0 Å². The number of hydrogen-bond acceptors (Lipinski definition) is 2. The van der Waals surface area contributed by atoms with E-state index in [0.29, 0.717) is 0 Å². The minimum Gasteiger partial charge on any atom is -0.298 e. The predicted molar refractivity (Wildman–Crippen MR) is 79.7 cm³/mol. The summed E-state index contributed by atoms with van der Waals surface area (Å²) < 4.78 is 12.2. The number of carbonyl (C=O) groups excluding carboxylic acids is 1. The average Bonchev–Trinajstić information content (AvgIpc) is 2.37. The first-order chi connectivity index (χ1) is 8.88. The monoisotopic (exact) mass is 274 g/mol. The molecule has 0 fully saturated rings. The van der Waals surface area contributed by atoms with Crippen molar-refractivity contribution in [1.29, 1.82) is 0 Å². The summed E-state index contributed by atoms with van der Waals surface area (Å²) in [5.74, 6) is 0.112. The molecule has 19 heavy (non-hydrogen) atoms. The van der Waals surface area contributed by atoms with E-state index in [0.717, 1.165) is 15.7 Å². The molecule has 0 aromatic heterocycles. The number of benzene rings is 2. The van der Waals surface area contributed by atoms with Gasteiger partial charge in [0.2, 0.25) is 0 Å². The highest BCUT2D eigenvalue weighted by Gasteiger charge is 2.23. The van der Waals surface area contributed by atoms with Crippen molar-refractivity contribution in [3.05, 3.63) is 42.5 Å². The first kappa shape index (κ1) is 13.9. The van der Waals surface area contributed by atoms with Gasteiger partial charge in [0.1, 0.15) is 0 Å². The van der Waals surface area contributed by atoms with Crippen LogP contribution in [0.25, 0.3) is 10.8 Å². The summed E-state index contributed by atoms with van der Waals surface area (Å²) in [6, 6.07) is 13.6. The molecule has 0 N–H and O–H groups in total. The van der Waals surface area contributed by atoms with Crippen molar-refractivity contribution in [3.8, 4) is 0 Å². The summed E-state index contributed by atoms with van der Waals surface area (Å²) in [6.07, 6.45) is 0. The van der Waals surface area contributed by atoms with E-state index in [2.05, 4.69) is 0 Å². The van der Waals surface area contributed by atoms with Crippen molar-refractivity contribution in [2.75, 3.05) is 5.75 Å². The van der Waals surface area contributed by atoms with Gasteiger partial charge in [0.05, 0.1) is 16.6 Å². The molecule has 0 radical (unpaired) electrons. The number of Topliss-reactive ketones (excluding diaryl/α,β-unsaturated/α-hetero) is 1. The lowest BCUT2D eigenvalue weighted by Gasteiger charge is -2.16. The van der Waals surface area contributed by atoms with Crippen LogP contribution in [0, 0.1) is 5.41 Å². The van der Waals surface area contributed by atoms with Gasteiger partial charge in [-0.2, -0.15) is 0 Å². The molecule has 2 nitrogen and oxygen atoms in total. The Morgan fingerprint density at radius 3 is 2.32 bits per heavy atom. The van der Waals surface area contributed by atoms with Gasteiger partial charge in [-0.3, -0.25) is 9.00 Å². The van der Waals surface area contributed by atoms with Crippen molar-refractivity contribution in [1.82, 2.24) is 0 Å². The number of carbonyl (C=O) groups is 1. The van der Waals surface area contributed by atoms with E-state index < -0.39 is 16.2 Å². The molecule has 2 rings (SSSR count). The van der Waals surface area contributed by atoms with Crippen LogP contribution in [0.2, 0.25) is 0 Å². The van der Waals surface area contributed by atoms with Crippen molar-refractivity contribution >= 4 is 27.4 Å². The normalized spacial score (nSPS) is 13.4. The largest absolute Gasteiger partial charge is 0.298 e. The first-order valence-corrected chi connectivity index (χ1v) is 7.60. The van der Waals surface area contributed by atoms with Gasteiger partial charge < -0.3 is 0 Å². The standard InChI is InChI=1S/C16H18O2S/c1-16(2,3)15(17)11-19(18)14-9-8-12-6-4-5-7-13(12)10-14/h4-10H,11H2,1-3H3. The molecule has 1 atom stereocenters. The summed E-state index contributed by atoms with van der Waals surface area (Å²) in [5, 5.41) is 2.17. The first-order valence-electron chi connectivity index (χ1n) is 6.28. The maximum atomic E-state index is 12.2. The Hall–Kier alpha value is -1.48. The minimum absolute atomic E-state index is 0.0268. The van der Waals surface area contributed by atoms with E-state index in [1.165, 1.54) is 0 Å². The van der Waals surface area contributed by atoms with Crippen molar-refractivity contribution in [2.24, 2.45) is 5.41 Å². The van der Waals surface area contributed by atoms with Crippen LogP contribution in [0.5, 0.6) is 0 Å². The summed E-state index contributed by atoms with van der Waals surface area (Å²) in [4.78, 5) is 12.6. The van der Waals surface area contributed by atoms with E-state index in [9.17, 15) is 9.00 Å². The summed E-state index contributed by atoms with van der Waals surface area (Å²) in [6.45, 7) is 5.56. The van der Waals surface area contributed by atoms with Crippen LogP contribution in [0.1, 0.15) is 20.8 Å². The molecule has 0 aliphatic heterocycles. The third kappa shape index (κ3) is 3.29. The molecule has 0 aliphatic rings. The molecule has 2 aromatic carbocycles. The number of fused-ring (bicyclic) bond motifs is 1.